The molecule has 156 valence electrons. The van der Waals surface area contributed by atoms with E-state index in [0.717, 1.165) is 48.3 Å². The Morgan fingerprint density at radius 2 is 0.857 bits per heavy atom. The molecule has 8 fully saturated rings. The predicted octanol–water partition coefficient (Wildman–Crippen LogP) is 7.30. The number of hydrogen-bond acceptors (Lipinski definition) is 1. The maximum absolute atomic E-state index is 13.2. The maximum atomic E-state index is 13.2. The van der Waals surface area contributed by atoms with Crippen molar-refractivity contribution in [2.45, 2.75) is 99.5 Å². The van der Waals surface area contributed by atoms with Gasteiger partial charge < -0.3 is 0 Å². The Morgan fingerprint density at radius 1 is 0.607 bits per heavy atom. The van der Waals surface area contributed by atoms with Gasteiger partial charge in [-0.3, -0.25) is 4.79 Å². The summed E-state index contributed by atoms with van der Waals surface area (Å²) in [6.45, 7) is 0. The number of alkyl halides is 2. The zero-order valence-electron chi connectivity index (χ0n) is 17.2. The SMILES string of the molecule is O=C(CC(Br)C12CC3CC(CC(C3)C1)C2)CC(Br)C12CC3CC(CC(C3)C1)C2. The summed E-state index contributed by atoms with van der Waals surface area (Å²) in [4.78, 5) is 14.0. The Bertz CT molecular complexity index is 530. The van der Waals surface area contributed by atoms with Gasteiger partial charge in [0.15, 0.2) is 0 Å². The van der Waals surface area contributed by atoms with E-state index in [9.17, 15) is 4.79 Å². The molecule has 28 heavy (non-hydrogen) atoms. The molecule has 0 aromatic carbocycles. The number of Topliss-reactive ketones (excluding diaryl/α,β-unsaturated/α-hetero) is 1. The van der Waals surface area contributed by atoms with E-state index in [1.54, 1.807) is 0 Å². The van der Waals surface area contributed by atoms with Crippen molar-refractivity contribution in [3.63, 3.8) is 0 Å². The minimum atomic E-state index is 0.428. The summed E-state index contributed by atoms with van der Waals surface area (Å²) < 4.78 is 0. The lowest BCUT2D eigenvalue weighted by molar-refractivity contribution is -0.122. The second kappa shape index (κ2) is 6.81. The Hall–Kier alpha value is 0.630. The monoisotopic (exact) mass is 510 g/mol. The Kier molecular flexibility index (Phi) is 4.70. The summed E-state index contributed by atoms with van der Waals surface area (Å²) in [5, 5.41) is 0. The molecule has 3 heteroatoms. The summed E-state index contributed by atoms with van der Waals surface area (Å²) in [7, 11) is 0. The van der Waals surface area contributed by atoms with Gasteiger partial charge in [0.2, 0.25) is 0 Å². The normalized spacial score (nSPS) is 52.8. The molecule has 2 unspecified atom stereocenters. The highest BCUT2D eigenvalue weighted by Crippen LogP contribution is 2.64. The highest BCUT2D eigenvalue weighted by atomic mass is 79.9. The first kappa shape index (κ1) is 19.3. The van der Waals surface area contributed by atoms with Gasteiger partial charge >= 0.3 is 0 Å². The fourth-order valence-corrected chi connectivity index (χ4v) is 11.9. The molecule has 0 radical (unpaired) electrons. The zero-order valence-corrected chi connectivity index (χ0v) is 20.4. The van der Waals surface area contributed by atoms with Crippen molar-refractivity contribution in [3.05, 3.63) is 0 Å². The van der Waals surface area contributed by atoms with Crippen molar-refractivity contribution in [1.29, 1.82) is 0 Å². The van der Waals surface area contributed by atoms with Gasteiger partial charge in [0.25, 0.3) is 0 Å². The molecule has 2 atom stereocenters. The van der Waals surface area contributed by atoms with Crippen LogP contribution in [0.4, 0.5) is 0 Å². The van der Waals surface area contributed by atoms with E-state index in [-0.39, 0.29) is 0 Å². The summed E-state index contributed by atoms with van der Waals surface area (Å²) in [6, 6.07) is 0. The highest BCUT2D eigenvalue weighted by molar-refractivity contribution is 9.09. The van der Waals surface area contributed by atoms with Crippen molar-refractivity contribution in [2.24, 2.45) is 46.3 Å². The first-order chi connectivity index (χ1) is 13.4. The maximum Gasteiger partial charge on any atom is 0.135 e. The number of rotatable bonds is 6. The molecule has 0 aliphatic heterocycles. The van der Waals surface area contributed by atoms with Crippen molar-refractivity contribution in [1.82, 2.24) is 0 Å². The van der Waals surface area contributed by atoms with E-state index < -0.39 is 0 Å². The molecule has 0 N–H and O–H groups in total. The largest absolute Gasteiger partial charge is 0.300 e. The number of ketones is 1. The van der Waals surface area contributed by atoms with Crippen LogP contribution < -0.4 is 0 Å². The molecule has 8 bridgehead atoms. The highest BCUT2D eigenvalue weighted by Gasteiger charge is 2.55. The first-order valence-electron chi connectivity index (χ1n) is 12.2. The second-order valence-corrected chi connectivity index (χ2v) is 14.7. The van der Waals surface area contributed by atoms with Crippen LogP contribution in [0.25, 0.3) is 0 Å². The van der Waals surface area contributed by atoms with Crippen LogP contribution in [0.1, 0.15) is 89.9 Å². The Morgan fingerprint density at radius 3 is 1.11 bits per heavy atom. The molecular weight excluding hydrogens is 476 g/mol. The van der Waals surface area contributed by atoms with Gasteiger partial charge in [-0.05, 0) is 123 Å². The van der Waals surface area contributed by atoms with Crippen molar-refractivity contribution >= 4 is 37.6 Å². The number of halogens is 2. The van der Waals surface area contributed by atoms with Gasteiger partial charge in [0, 0.05) is 22.5 Å². The van der Waals surface area contributed by atoms with Crippen LogP contribution in [0.5, 0.6) is 0 Å². The van der Waals surface area contributed by atoms with Crippen LogP contribution in [-0.2, 0) is 4.79 Å². The summed E-state index contributed by atoms with van der Waals surface area (Å²) in [5.41, 5.74) is 0.903. The summed E-state index contributed by atoms with van der Waals surface area (Å²) in [6.07, 6.45) is 18.9. The van der Waals surface area contributed by atoms with E-state index in [2.05, 4.69) is 31.9 Å². The predicted molar refractivity (Wildman–Crippen MR) is 121 cm³/mol. The molecule has 0 aromatic rings. The summed E-state index contributed by atoms with van der Waals surface area (Å²) >= 11 is 8.17. The molecule has 8 saturated carbocycles. The molecule has 0 heterocycles. The quantitative estimate of drug-likeness (QED) is 0.342. The lowest BCUT2D eigenvalue weighted by Crippen LogP contribution is -2.51. The van der Waals surface area contributed by atoms with Gasteiger partial charge in [-0.1, -0.05) is 31.9 Å². The average molecular weight is 512 g/mol. The van der Waals surface area contributed by atoms with E-state index in [1.807, 2.05) is 0 Å². The first-order valence-corrected chi connectivity index (χ1v) is 14.0. The lowest BCUT2D eigenvalue weighted by atomic mass is 9.48. The van der Waals surface area contributed by atoms with Gasteiger partial charge in [0.05, 0.1) is 0 Å². The van der Waals surface area contributed by atoms with Gasteiger partial charge in [-0.2, -0.15) is 0 Å². The molecule has 0 spiro atoms. The number of hydrogen-bond donors (Lipinski definition) is 0. The fourth-order valence-electron chi connectivity index (χ4n) is 10.0. The minimum Gasteiger partial charge on any atom is -0.300 e. The van der Waals surface area contributed by atoms with E-state index >= 15 is 0 Å². The third-order valence-electron chi connectivity index (χ3n) is 10.3. The van der Waals surface area contributed by atoms with E-state index in [4.69, 9.17) is 0 Å². The molecule has 8 aliphatic carbocycles. The molecule has 8 aliphatic rings. The van der Waals surface area contributed by atoms with Gasteiger partial charge in [0.1, 0.15) is 5.78 Å². The van der Waals surface area contributed by atoms with Crippen LogP contribution in [0, 0.1) is 46.3 Å². The van der Waals surface area contributed by atoms with Crippen LogP contribution in [0.15, 0.2) is 0 Å². The Balaban J connectivity index is 1.10. The molecule has 0 amide bonds. The van der Waals surface area contributed by atoms with Gasteiger partial charge in [-0.15, -0.1) is 0 Å². The molecule has 8 rings (SSSR count). The van der Waals surface area contributed by atoms with E-state index in [0.29, 0.717) is 26.3 Å². The third-order valence-corrected chi connectivity index (χ3v) is 12.9. The van der Waals surface area contributed by atoms with Crippen molar-refractivity contribution in [3.8, 4) is 0 Å². The molecule has 1 nitrogen and oxygen atoms in total. The van der Waals surface area contributed by atoms with Crippen LogP contribution >= 0.6 is 31.9 Å². The fraction of sp³-hybridized carbons (Fsp3) is 0.960. The lowest BCUT2D eigenvalue weighted by Gasteiger charge is -2.59. The topological polar surface area (TPSA) is 17.1 Å². The molecule has 0 aromatic heterocycles. The minimum absolute atomic E-state index is 0.428. The standard InChI is InChI=1S/C25H36Br2O/c26-22(24-9-15-1-16(10-24)3-17(2-15)11-24)7-21(28)8-23(27)25-12-18-4-19(13-25)6-20(5-18)14-25/h15-20,22-23H,1-14H2. The smallest absolute Gasteiger partial charge is 0.135 e. The van der Waals surface area contributed by atoms with E-state index in [1.165, 1.54) is 77.0 Å². The summed E-state index contributed by atoms with van der Waals surface area (Å²) in [5.74, 6) is 6.34. The number of carbonyl (C=O) groups excluding carboxylic acids is 1. The van der Waals surface area contributed by atoms with Gasteiger partial charge in [-0.25, -0.2) is 0 Å². The number of carbonyl (C=O) groups is 1. The van der Waals surface area contributed by atoms with Crippen LogP contribution in [0.2, 0.25) is 0 Å². The van der Waals surface area contributed by atoms with Crippen LogP contribution in [0.3, 0.4) is 0 Å². The Labute approximate surface area is 187 Å². The zero-order chi connectivity index (χ0) is 19.1. The van der Waals surface area contributed by atoms with Crippen LogP contribution in [-0.4, -0.2) is 15.4 Å². The van der Waals surface area contributed by atoms with Crippen molar-refractivity contribution < 1.29 is 4.79 Å². The second-order valence-electron chi connectivity index (χ2n) is 12.4. The van der Waals surface area contributed by atoms with Crippen molar-refractivity contribution in [2.75, 3.05) is 0 Å². The average Bonchev–Trinajstić information content (AvgIpc) is 2.59. The third kappa shape index (κ3) is 3.14. The molecular formula is C25H36Br2O. The molecule has 0 saturated heterocycles.